The Morgan fingerprint density at radius 3 is 3.00 bits per heavy atom. The largest absolute Gasteiger partial charge is 0.468 e. The number of nitrogens with zero attached hydrogens (tertiary/aromatic N) is 1. The second-order valence-corrected chi connectivity index (χ2v) is 2.98. The Hall–Kier alpha value is -2.02. The minimum absolute atomic E-state index is 0.0836. The topological polar surface area (TPSA) is 65.2 Å². The molecule has 0 bridgehead atoms. The lowest BCUT2D eigenvalue weighted by Gasteiger charge is -1.97. The van der Waals surface area contributed by atoms with E-state index < -0.39 is 0 Å². The maximum Gasteiger partial charge on any atom is 0.317 e. The first-order chi connectivity index (χ1) is 7.13. The third kappa shape index (κ3) is 3.31. The summed E-state index contributed by atoms with van der Waals surface area (Å²) in [6, 6.07) is 1.74. The van der Waals surface area contributed by atoms with Crippen LogP contribution in [0.4, 0.5) is 5.82 Å². The van der Waals surface area contributed by atoms with Crippen molar-refractivity contribution < 1.29 is 9.53 Å². The van der Waals surface area contributed by atoms with Gasteiger partial charge >= 0.3 is 5.97 Å². The number of aromatic nitrogens is 1. The number of carbonyl (C=O) groups is 1. The average molecular weight is 204 g/mol. The molecule has 0 atom stereocenters. The van der Waals surface area contributed by atoms with Crippen molar-refractivity contribution in [2.24, 2.45) is 0 Å². The van der Waals surface area contributed by atoms with Gasteiger partial charge in [-0.2, -0.15) is 0 Å². The molecule has 0 aliphatic carbocycles. The Labute approximate surface area is 88.5 Å². The fourth-order valence-electron chi connectivity index (χ4n) is 0.992. The van der Waals surface area contributed by atoms with Gasteiger partial charge in [-0.1, -0.05) is 11.8 Å². The van der Waals surface area contributed by atoms with Gasteiger partial charge in [0.2, 0.25) is 0 Å². The molecule has 0 radical (unpaired) electrons. The molecule has 0 aromatic carbocycles. The van der Waals surface area contributed by atoms with Crippen LogP contribution in [0.15, 0.2) is 12.3 Å². The van der Waals surface area contributed by atoms with E-state index in [0.29, 0.717) is 5.82 Å². The number of pyridine rings is 1. The third-order valence-electron chi connectivity index (χ3n) is 1.82. The second kappa shape index (κ2) is 5.01. The highest BCUT2D eigenvalue weighted by Crippen LogP contribution is 2.07. The Kier molecular flexibility index (Phi) is 3.69. The Morgan fingerprint density at radius 2 is 2.40 bits per heavy atom. The highest BCUT2D eigenvalue weighted by molar-refractivity contribution is 5.72. The number of esters is 1. The number of rotatable bonds is 1. The maximum atomic E-state index is 10.8. The molecule has 2 N–H and O–H groups in total. The molecular formula is C11H12N2O2. The fraction of sp³-hybridized carbons (Fsp3) is 0.273. The predicted octanol–water partition coefficient (Wildman–Crippen LogP) is 0.887. The van der Waals surface area contributed by atoms with Crippen molar-refractivity contribution in [3.05, 3.63) is 23.4 Å². The molecule has 15 heavy (non-hydrogen) atoms. The van der Waals surface area contributed by atoms with Crippen LogP contribution in [-0.4, -0.2) is 18.1 Å². The van der Waals surface area contributed by atoms with E-state index in [1.165, 1.54) is 7.11 Å². The van der Waals surface area contributed by atoms with E-state index in [-0.39, 0.29) is 12.4 Å². The van der Waals surface area contributed by atoms with Crippen LogP contribution in [0.5, 0.6) is 0 Å². The fourth-order valence-corrected chi connectivity index (χ4v) is 0.992. The summed E-state index contributed by atoms with van der Waals surface area (Å²) in [6.07, 6.45) is 1.68. The van der Waals surface area contributed by atoms with Crippen molar-refractivity contribution in [1.29, 1.82) is 0 Å². The zero-order valence-corrected chi connectivity index (χ0v) is 8.70. The van der Waals surface area contributed by atoms with Gasteiger partial charge in [0.1, 0.15) is 12.2 Å². The molecule has 0 saturated heterocycles. The third-order valence-corrected chi connectivity index (χ3v) is 1.82. The molecule has 0 aliphatic heterocycles. The van der Waals surface area contributed by atoms with E-state index in [9.17, 15) is 4.79 Å². The van der Waals surface area contributed by atoms with E-state index in [2.05, 4.69) is 21.6 Å². The van der Waals surface area contributed by atoms with Crippen molar-refractivity contribution in [2.75, 3.05) is 12.8 Å². The van der Waals surface area contributed by atoms with E-state index in [1.807, 2.05) is 6.92 Å². The Morgan fingerprint density at radius 1 is 1.67 bits per heavy atom. The summed E-state index contributed by atoms with van der Waals surface area (Å²) in [5, 5.41) is 0. The molecule has 1 aromatic rings. The molecular weight excluding hydrogens is 192 g/mol. The lowest BCUT2D eigenvalue weighted by Crippen LogP contribution is -1.97. The van der Waals surface area contributed by atoms with Gasteiger partial charge in [-0.15, -0.1) is 0 Å². The number of methoxy groups -OCH3 is 1. The van der Waals surface area contributed by atoms with Gasteiger partial charge in [0, 0.05) is 11.8 Å². The van der Waals surface area contributed by atoms with Gasteiger partial charge in [-0.05, 0) is 18.6 Å². The predicted molar refractivity (Wildman–Crippen MR) is 56.9 cm³/mol. The number of carbonyl (C=O) groups excluding carboxylic acids is 1. The average Bonchev–Trinajstić information content (AvgIpc) is 2.21. The van der Waals surface area contributed by atoms with E-state index in [1.54, 1.807) is 12.3 Å². The zero-order chi connectivity index (χ0) is 11.3. The van der Waals surface area contributed by atoms with Crippen LogP contribution in [0.1, 0.15) is 17.5 Å². The molecule has 0 spiro atoms. The number of ether oxygens (including phenoxy) is 1. The summed E-state index contributed by atoms with van der Waals surface area (Å²) in [6.45, 7) is 1.89. The second-order valence-electron chi connectivity index (χ2n) is 2.98. The van der Waals surface area contributed by atoms with Crippen molar-refractivity contribution >= 4 is 11.8 Å². The standard InChI is InChI=1S/C11H12N2O2/c1-8-6-10(12)13-7-9(8)4-3-5-11(14)15-2/h6-7H,5H2,1-2H3,(H2,12,13). The Bertz CT molecular complexity index is 430. The highest BCUT2D eigenvalue weighted by Gasteiger charge is 1.97. The van der Waals surface area contributed by atoms with Gasteiger partial charge in [0.25, 0.3) is 0 Å². The molecule has 0 aliphatic rings. The zero-order valence-electron chi connectivity index (χ0n) is 8.70. The van der Waals surface area contributed by atoms with Crippen LogP contribution in [0.3, 0.4) is 0 Å². The number of aryl methyl sites for hydroxylation is 1. The first-order valence-corrected chi connectivity index (χ1v) is 4.41. The number of nitrogen functional groups attached to an aromatic ring is 1. The van der Waals surface area contributed by atoms with Gasteiger partial charge in [0.15, 0.2) is 0 Å². The smallest absolute Gasteiger partial charge is 0.317 e. The molecule has 4 heteroatoms. The number of nitrogens with two attached hydrogens (primary N) is 1. The molecule has 4 nitrogen and oxygen atoms in total. The molecule has 1 rings (SSSR count). The van der Waals surface area contributed by atoms with Crippen LogP contribution in [0.25, 0.3) is 0 Å². The van der Waals surface area contributed by atoms with Crippen molar-refractivity contribution in [2.45, 2.75) is 13.3 Å². The van der Waals surface area contributed by atoms with Crippen LogP contribution >= 0.6 is 0 Å². The maximum absolute atomic E-state index is 10.8. The van der Waals surface area contributed by atoms with Crippen LogP contribution in [0.2, 0.25) is 0 Å². The quantitative estimate of drug-likeness (QED) is 0.545. The lowest BCUT2D eigenvalue weighted by atomic mass is 10.1. The van der Waals surface area contributed by atoms with E-state index in [4.69, 9.17) is 5.73 Å². The number of hydrogen-bond acceptors (Lipinski definition) is 4. The van der Waals surface area contributed by atoms with Crippen LogP contribution in [-0.2, 0) is 9.53 Å². The summed E-state index contributed by atoms with van der Waals surface area (Å²) in [4.78, 5) is 14.7. The Balaban J connectivity index is 2.76. The highest BCUT2D eigenvalue weighted by atomic mass is 16.5. The SMILES string of the molecule is COC(=O)CC#Cc1cnc(N)cc1C. The van der Waals surface area contributed by atoms with Gasteiger partial charge in [-0.3, -0.25) is 4.79 Å². The summed E-state index contributed by atoms with van der Waals surface area (Å²) in [5.41, 5.74) is 7.21. The van der Waals surface area contributed by atoms with Crippen LogP contribution < -0.4 is 5.73 Å². The lowest BCUT2D eigenvalue weighted by molar-refractivity contribution is -0.139. The van der Waals surface area contributed by atoms with Crippen molar-refractivity contribution in [1.82, 2.24) is 4.98 Å². The minimum Gasteiger partial charge on any atom is -0.468 e. The summed E-state index contributed by atoms with van der Waals surface area (Å²) in [5.74, 6) is 5.66. The molecule has 78 valence electrons. The summed E-state index contributed by atoms with van der Waals surface area (Å²) >= 11 is 0. The van der Waals surface area contributed by atoms with Crippen LogP contribution in [0, 0.1) is 18.8 Å². The van der Waals surface area contributed by atoms with E-state index in [0.717, 1.165) is 11.1 Å². The van der Waals surface area contributed by atoms with E-state index >= 15 is 0 Å². The summed E-state index contributed by atoms with van der Waals surface area (Å²) < 4.78 is 4.46. The molecule has 0 unspecified atom stereocenters. The molecule has 1 heterocycles. The van der Waals surface area contributed by atoms with Crippen molar-refractivity contribution in [3.8, 4) is 11.8 Å². The van der Waals surface area contributed by atoms with Gasteiger partial charge in [0.05, 0.1) is 7.11 Å². The van der Waals surface area contributed by atoms with Crippen molar-refractivity contribution in [3.63, 3.8) is 0 Å². The first kappa shape index (κ1) is 11.1. The normalized spacial score (nSPS) is 8.93. The number of hydrogen-bond donors (Lipinski definition) is 1. The van der Waals surface area contributed by atoms with Gasteiger partial charge in [-0.25, -0.2) is 4.98 Å². The molecule has 0 amide bonds. The summed E-state index contributed by atoms with van der Waals surface area (Å²) in [7, 11) is 1.33. The minimum atomic E-state index is -0.344. The molecule has 0 saturated carbocycles. The van der Waals surface area contributed by atoms with Gasteiger partial charge < -0.3 is 10.5 Å². The first-order valence-electron chi connectivity index (χ1n) is 4.41. The number of anilines is 1. The monoisotopic (exact) mass is 204 g/mol. The molecule has 1 aromatic heterocycles. The molecule has 0 fully saturated rings.